The maximum atomic E-state index is 8.75. The van der Waals surface area contributed by atoms with E-state index in [1.807, 2.05) is 30.3 Å². The van der Waals surface area contributed by atoms with Crippen molar-refractivity contribution in [2.75, 3.05) is 7.05 Å². The van der Waals surface area contributed by atoms with E-state index in [4.69, 9.17) is 5.26 Å². The number of nitrogens with one attached hydrogen (secondary N) is 1. The summed E-state index contributed by atoms with van der Waals surface area (Å²) in [5.41, 5.74) is 1.59. The minimum absolute atomic E-state index is 0.651. The van der Waals surface area contributed by atoms with Crippen LogP contribution in [0.1, 0.15) is 5.56 Å². The van der Waals surface area contributed by atoms with Gasteiger partial charge in [-0.2, -0.15) is 5.26 Å². The van der Waals surface area contributed by atoms with Crippen LogP contribution in [0, 0.1) is 11.3 Å². The maximum Gasteiger partial charge on any atom is 0.101 e. The molecule has 0 heterocycles. The Balaban J connectivity index is 2.98. The number of nitriles is 1. The normalized spacial score (nSPS) is 10.5. The van der Waals surface area contributed by atoms with E-state index in [1.54, 1.807) is 13.2 Å². The molecule has 1 N–H and O–H groups in total. The Bertz CT molecular complexity index is 306. The predicted octanol–water partition coefficient (Wildman–Crippen LogP) is 1.77. The molecule has 0 spiro atoms. The quantitative estimate of drug-likeness (QED) is 0.666. The van der Waals surface area contributed by atoms with E-state index in [-0.39, 0.29) is 0 Å². The van der Waals surface area contributed by atoms with Gasteiger partial charge in [-0.05, 0) is 5.56 Å². The highest BCUT2D eigenvalue weighted by Gasteiger charge is 1.96. The summed E-state index contributed by atoms with van der Waals surface area (Å²) in [5, 5.41) is 11.6. The van der Waals surface area contributed by atoms with Gasteiger partial charge < -0.3 is 5.32 Å². The number of rotatable bonds is 2. The van der Waals surface area contributed by atoms with Gasteiger partial charge in [-0.15, -0.1) is 0 Å². The van der Waals surface area contributed by atoms with E-state index in [0.717, 1.165) is 5.56 Å². The van der Waals surface area contributed by atoms with Crippen molar-refractivity contribution < 1.29 is 0 Å². The topological polar surface area (TPSA) is 35.8 Å². The standard InChI is InChI=1S/C10H10N2/c1-12-8-10(7-11)9-5-3-2-4-6-9/h2-6,8,12H,1H3/b10-8-. The lowest BCUT2D eigenvalue weighted by atomic mass is 10.1. The fourth-order valence-corrected chi connectivity index (χ4v) is 0.942. The summed E-state index contributed by atoms with van der Waals surface area (Å²) in [7, 11) is 1.78. The van der Waals surface area contributed by atoms with E-state index in [2.05, 4.69) is 11.4 Å². The second kappa shape index (κ2) is 4.20. The van der Waals surface area contributed by atoms with Gasteiger partial charge in [-0.1, -0.05) is 30.3 Å². The van der Waals surface area contributed by atoms with Gasteiger partial charge in [-0.3, -0.25) is 0 Å². The lowest BCUT2D eigenvalue weighted by molar-refractivity contribution is 1.11. The number of nitrogens with zero attached hydrogens (tertiary/aromatic N) is 1. The monoisotopic (exact) mass is 158 g/mol. The van der Waals surface area contributed by atoms with Crippen molar-refractivity contribution in [3.8, 4) is 6.07 Å². The number of hydrogen-bond donors (Lipinski definition) is 1. The Morgan fingerprint density at radius 1 is 1.42 bits per heavy atom. The first-order valence-corrected chi connectivity index (χ1v) is 3.71. The van der Waals surface area contributed by atoms with Crippen LogP contribution < -0.4 is 5.32 Å². The number of benzene rings is 1. The second-order valence-corrected chi connectivity index (χ2v) is 2.32. The van der Waals surface area contributed by atoms with Gasteiger partial charge in [-0.25, -0.2) is 0 Å². The molecular formula is C10H10N2. The first-order valence-electron chi connectivity index (χ1n) is 3.71. The molecule has 0 unspecified atom stereocenters. The van der Waals surface area contributed by atoms with Crippen molar-refractivity contribution in [2.45, 2.75) is 0 Å². The molecule has 1 rings (SSSR count). The minimum Gasteiger partial charge on any atom is -0.393 e. The third kappa shape index (κ3) is 1.86. The lowest BCUT2D eigenvalue weighted by Crippen LogP contribution is -1.94. The molecule has 0 aliphatic carbocycles. The zero-order valence-corrected chi connectivity index (χ0v) is 6.91. The van der Waals surface area contributed by atoms with E-state index >= 15 is 0 Å². The van der Waals surface area contributed by atoms with Gasteiger partial charge in [0.15, 0.2) is 0 Å². The zero-order chi connectivity index (χ0) is 8.81. The van der Waals surface area contributed by atoms with Crippen molar-refractivity contribution in [2.24, 2.45) is 0 Å². The average Bonchev–Trinajstić information content (AvgIpc) is 2.15. The van der Waals surface area contributed by atoms with Gasteiger partial charge in [0, 0.05) is 13.2 Å². The van der Waals surface area contributed by atoms with Crippen molar-refractivity contribution in [3.05, 3.63) is 42.1 Å². The molecule has 0 saturated heterocycles. The summed E-state index contributed by atoms with van der Waals surface area (Å²) < 4.78 is 0. The van der Waals surface area contributed by atoms with Gasteiger partial charge >= 0.3 is 0 Å². The fourth-order valence-electron chi connectivity index (χ4n) is 0.942. The molecule has 2 nitrogen and oxygen atoms in total. The molecule has 2 heteroatoms. The summed E-state index contributed by atoms with van der Waals surface area (Å²) in [6.45, 7) is 0. The summed E-state index contributed by atoms with van der Waals surface area (Å²) in [6, 6.07) is 11.7. The summed E-state index contributed by atoms with van der Waals surface area (Å²) in [4.78, 5) is 0. The van der Waals surface area contributed by atoms with Gasteiger partial charge in [0.2, 0.25) is 0 Å². The van der Waals surface area contributed by atoms with Crippen LogP contribution in [0.25, 0.3) is 5.57 Å². The Labute approximate surface area is 72.1 Å². The molecule has 0 aliphatic heterocycles. The van der Waals surface area contributed by atoms with Crippen molar-refractivity contribution in [1.82, 2.24) is 5.32 Å². The maximum absolute atomic E-state index is 8.75. The highest BCUT2D eigenvalue weighted by molar-refractivity contribution is 5.76. The van der Waals surface area contributed by atoms with Crippen LogP contribution in [-0.2, 0) is 0 Å². The van der Waals surface area contributed by atoms with Crippen LogP contribution in [0.5, 0.6) is 0 Å². The van der Waals surface area contributed by atoms with Crippen molar-refractivity contribution in [1.29, 1.82) is 5.26 Å². The molecular weight excluding hydrogens is 148 g/mol. The summed E-state index contributed by atoms with van der Waals surface area (Å²) in [6.07, 6.45) is 1.69. The molecule has 0 amide bonds. The molecule has 12 heavy (non-hydrogen) atoms. The molecule has 0 radical (unpaired) electrons. The smallest absolute Gasteiger partial charge is 0.101 e. The van der Waals surface area contributed by atoms with Crippen LogP contribution in [0.15, 0.2) is 36.5 Å². The van der Waals surface area contributed by atoms with Crippen LogP contribution >= 0.6 is 0 Å². The van der Waals surface area contributed by atoms with E-state index in [1.165, 1.54) is 0 Å². The first-order chi connectivity index (χ1) is 5.88. The van der Waals surface area contributed by atoms with Gasteiger partial charge in [0.25, 0.3) is 0 Å². The van der Waals surface area contributed by atoms with Crippen LogP contribution in [0.3, 0.4) is 0 Å². The predicted molar refractivity (Wildman–Crippen MR) is 49.1 cm³/mol. The van der Waals surface area contributed by atoms with Crippen LogP contribution in [-0.4, -0.2) is 7.05 Å². The van der Waals surface area contributed by atoms with Gasteiger partial charge in [0.05, 0.1) is 5.57 Å². The van der Waals surface area contributed by atoms with Gasteiger partial charge in [0.1, 0.15) is 6.07 Å². The number of hydrogen-bond acceptors (Lipinski definition) is 2. The molecule has 0 atom stereocenters. The Morgan fingerprint density at radius 3 is 2.58 bits per heavy atom. The van der Waals surface area contributed by atoms with E-state index < -0.39 is 0 Å². The highest BCUT2D eigenvalue weighted by atomic mass is 14.8. The Hall–Kier alpha value is -1.75. The molecule has 1 aromatic rings. The molecule has 1 aromatic carbocycles. The lowest BCUT2D eigenvalue weighted by Gasteiger charge is -1.96. The molecule has 0 bridgehead atoms. The largest absolute Gasteiger partial charge is 0.393 e. The fraction of sp³-hybridized carbons (Fsp3) is 0.100. The molecule has 0 aliphatic rings. The van der Waals surface area contributed by atoms with E-state index in [9.17, 15) is 0 Å². The summed E-state index contributed by atoms with van der Waals surface area (Å²) in [5.74, 6) is 0. The average molecular weight is 158 g/mol. The van der Waals surface area contributed by atoms with Crippen LogP contribution in [0.4, 0.5) is 0 Å². The minimum atomic E-state index is 0.651. The third-order valence-electron chi connectivity index (χ3n) is 1.49. The summed E-state index contributed by atoms with van der Waals surface area (Å²) >= 11 is 0. The first kappa shape index (κ1) is 8.35. The highest BCUT2D eigenvalue weighted by Crippen LogP contribution is 2.10. The Kier molecular flexibility index (Phi) is 2.92. The van der Waals surface area contributed by atoms with Crippen molar-refractivity contribution >= 4 is 5.57 Å². The second-order valence-electron chi connectivity index (χ2n) is 2.32. The molecule has 60 valence electrons. The van der Waals surface area contributed by atoms with Crippen molar-refractivity contribution in [3.63, 3.8) is 0 Å². The van der Waals surface area contributed by atoms with Crippen LogP contribution in [0.2, 0.25) is 0 Å². The molecule has 0 fully saturated rings. The number of allylic oxidation sites excluding steroid dienone is 1. The molecule has 0 aromatic heterocycles. The molecule has 0 saturated carbocycles. The third-order valence-corrected chi connectivity index (χ3v) is 1.49. The Morgan fingerprint density at radius 2 is 2.08 bits per heavy atom. The zero-order valence-electron chi connectivity index (χ0n) is 6.91. The van der Waals surface area contributed by atoms with E-state index in [0.29, 0.717) is 5.57 Å². The SMILES string of the molecule is CN/C=C(/C#N)c1ccccc1.